The normalized spacial score (nSPS) is 10.6. The number of hydrogen-bond acceptors (Lipinski definition) is 2. The van der Waals surface area contributed by atoms with Gasteiger partial charge in [0.05, 0.1) is 11.4 Å². The van der Waals surface area contributed by atoms with E-state index in [1.165, 1.54) is 36.4 Å². The van der Waals surface area contributed by atoms with Gasteiger partial charge in [-0.1, -0.05) is 24.3 Å². The molecule has 0 aliphatic heterocycles. The SMILES string of the molecule is O=c1[nH]c(-c2ccccc2F)c(-c2ccccc2F)[nH]c1=O. The molecule has 1 heterocycles. The number of benzene rings is 2. The second-order valence-corrected chi connectivity index (χ2v) is 4.62. The van der Waals surface area contributed by atoms with Gasteiger partial charge >= 0.3 is 11.1 Å². The fourth-order valence-corrected chi connectivity index (χ4v) is 2.20. The molecule has 0 fully saturated rings. The van der Waals surface area contributed by atoms with Crippen molar-refractivity contribution >= 4 is 0 Å². The minimum Gasteiger partial charge on any atom is -0.315 e. The second-order valence-electron chi connectivity index (χ2n) is 4.62. The average molecular weight is 300 g/mol. The highest BCUT2D eigenvalue weighted by atomic mass is 19.1. The molecular formula is C16H10F2N2O2. The quantitative estimate of drug-likeness (QED) is 0.715. The Morgan fingerprint density at radius 3 is 1.36 bits per heavy atom. The highest BCUT2D eigenvalue weighted by Crippen LogP contribution is 2.30. The molecular weight excluding hydrogens is 290 g/mol. The Kier molecular flexibility index (Phi) is 3.42. The van der Waals surface area contributed by atoms with E-state index in [9.17, 15) is 18.4 Å². The van der Waals surface area contributed by atoms with E-state index >= 15 is 0 Å². The standard InChI is InChI=1S/C16H10F2N2O2/c17-11-7-3-1-5-9(11)13-14(20-16(22)15(21)19-13)10-6-2-4-8-12(10)18/h1-8H,(H,19,21)(H,20,22). The zero-order chi connectivity index (χ0) is 15.7. The van der Waals surface area contributed by atoms with Gasteiger partial charge in [-0.05, 0) is 24.3 Å². The minimum absolute atomic E-state index is 0.0211. The summed E-state index contributed by atoms with van der Waals surface area (Å²) in [5, 5.41) is 0. The van der Waals surface area contributed by atoms with E-state index in [0.717, 1.165) is 0 Å². The first-order valence-corrected chi connectivity index (χ1v) is 6.44. The van der Waals surface area contributed by atoms with Crippen molar-refractivity contribution in [2.45, 2.75) is 0 Å². The van der Waals surface area contributed by atoms with Crippen molar-refractivity contribution in [2.75, 3.05) is 0 Å². The molecule has 1 aromatic heterocycles. The highest BCUT2D eigenvalue weighted by Gasteiger charge is 2.16. The summed E-state index contributed by atoms with van der Waals surface area (Å²) >= 11 is 0. The topological polar surface area (TPSA) is 65.7 Å². The maximum atomic E-state index is 14.0. The summed E-state index contributed by atoms with van der Waals surface area (Å²) in [7, 11) is 0. The smallest absolute Gasteiger partial charge is 0.314 e. The van der Waals surface area contributed by atoms with Crippen LogP contribution in [0.3, 0.4) is 0 Å². The molecule has 0 radical (unpaired) electrons. The Labute approximate surface area is 123 Å². The highest BCUT2D eigenvalue weighted by molar-refractivity contribution is 5.78. The lowest BCUT2D eigenvalue weighted by Gasteiger charge is -2.10. The van der Waals surface area contributed by atoms with E-state index in [-0.39, 0.29) is 22.5 Å². The molecule has 3 rings (SSSR count). The molecule has 110 valence electrons. The minimum atomic E-state index is -0.932. The lowest BCUT2D eigenvalue weighted by molar-refractivity contribution is 0.628. The maximum absolute atomic E-state index is 14.0. The van der Waals surface area contributed by atoms with Crippen LogP contribution in [0.15, 0.2) is 58.1 Å². The van der Waals surface area contributed by atoms with Crippen LogP contribution in [0.2, 0.25) is 0 Å². The van der Waals surface area contributed by atoms with E-state index in [4.69, 9.17) is 0 Å². The van der Waals surface area contributed by atoms with Crippen molar-refractivity contribution in [2.24, 2.45) is 0 Å². The van der Waals surface area contributed by atoms with Crippen LogP contribution < -0.4 is 11.1 Å². The summed E-state index contributed by atoms with van der Waals surface area (Å²) in [6.07, 6.45) is 0. The van der Waals surface area contributed by atoms with Crippen LogP contribution in [0.25, 0.3) is 22.5 Å². The van der Waals surface area contributed by atoms with Crippen LogP contribution in [-0.2, 0) is 0 Å². The first kappa shape index (κ1) is 13.9. The predicted molar refractivity (Wildman–Crippen MR) is 78.5 cm³/mol. The van der Waals surface area contributed by atoms with Gasteiger partial charge in [0.25, 0.3) is 0 Å². The summed E-state index contributed by atoms with van der Waals surface area (Å²) in [6, 6.07) is 11.4. The van der Waals surface area contributed by atoms with E-state index < -0.39 is 22.8 Å². The van der Waals surface area contributed by atoms with Crippen LogP contribution >= 0.6 is 0 Å². The van der Waals surface area contributed by atoms with Gasteiger partial charge in [-0.25, -0.2) is 8.78 Å². The molecule has 22 heavy (non-hydrogen) atoms. The van der Waals surface area contributed by atoms with Crippen molar-refractivity contribution in [3.63, 3.8) is 0 Å². The first-order chi connectivity index (χ1) is 10.6. The first-order valence-electron chi connectivity index (χ1n) is 6.44. The number of halogens is 2. The number of H-pyrrole nitrogens is 2. The van der Waals surface area contributed by atoms with Gasteiger partial charge in [-0.2, -0.15) is 0 Å². The van der Waals surface area contributed by atoms with Gasteiger partial charge in [0.2, 0.25) is 0 Å². The zero-order valence-corrected chi connectivity index (χ0v) is 11.2. The number of nitrogens with one attached hydrogen (secondary N) is 2. The van der Waals surface area contributed by atoms with Crippen molar-refractivity contribution in [1.29, 1.82) is 0 Å². The van der Waals surface area contributed by atoms with Gasteiger partial charge in [0.1, 0.15) is 11.6 Å². The third-order valence-electron chi connectivity index (χ3n) is 3.22. The van der Waals surface area contributed by atoms with E-state index in [1.54, 1.807) is 12.1 Å². The fraction of sp³-hybridized carbons (Fsp3) is 0. The average Bonchev–Trinajstić information content (AvgIpc) is 2.51. The van der Waals surface area contributed by atoms with Crippen LogP contribution in [-0.4, -0.2) is 9.97 Å². The maximum Gasteiger partial charge on any atom is 0.314 e. The monoisotopic (exact) mass is 300 g/mol. The second kappa shape index (κ2) is 5.40. The molecule has 0 atom stereocenters. The Bertz CT molecular complexity index is 882. The van der Waals surface area contributed by atoms with Crippen LogP contribution in [0.5, 0.6) is 0 Å². The van der Waals surface area contributed by atoms with Crippen molar-refractivity contribution in [3.8, 4) is 22.5 Å². The Morgan fingerprint density at radius 1 is 0.636 bits per heavy atom. The molecule has 0 aliphatic rings. The summed E-state index contributed by atoms with van der Waals surface area (Å²) in [4.78, 5) is 27.8. The summed E-state index contributed by atoms with van der Waals surface area (Å²) in [6.45, 7) is 0. The predicted octanol–water partition coefficient (Wildman–Crippen LogP) is 2.68. The largest absolute Gasteiger partial charge is 0.315 e. The van der Waals surface area contributed by atoms with E-state index in [2.05, 4.69) is 9.97 Å². The van der Waals surface area contributed by atoms with Crippen LogP contribution in [0, 0.1) is 11.6 Å². The Hall–Kier alpha value is -3.02. The molecule has 0 amide bonds. The van der Waals surface area contributed by atoms with Gasteiger partial charge in [-0.3, -0.25) is 9.59 Å². The molecule has 2 aromatic carbocycles. The molecule has 2 N–H and O–H groups in total. The van der Waals surface area contributed by atoms with Gasteiger partial charge in [-0.15, -0.1) is 0 Å². The van der Waals surface area contributed by atoms with Crippen molar-refractivity contribution < 1.29 is 8.78 Å². The van der Waals surface area contributed by atoms with Crippen molar-refractivity contribution in [3.05, 3.63) is 80.9 Å². The zero-order valence-electron chi connectivity index (χ0n) is 11.2. The summed E-state index contributed by atoms with van der Waals surface area (Å²) in [5.41, 5.74) is -1.69. The molecule has 0 bridgehead atoms. The third kappa shape index (κ3) is 2.35. The van der Waals surface area contributed by atoms with Gasteiger partial charge in [0.15, 0.2) is 0 Å². The summed E-state index contributed by atoms with van der Waals surface area (Å²) in [5.74, 6) is -1.19. The molecule has 3 aromatic rings. The summed E-state index contributed by atoms with van der Waals surface area (Å²) < 4.78 is 28.0. The Morgan fingerprint density at radius 2 is 1.00 bits per heavy atom. The molecule has 0 aliphatic carbocycles. The number of aromatic nitrogens is 2. The van der Waals surface area contributed by atoms with Gasteiger partial charge in [0, 0.05) is 11.1 Å². The number of hydrogen-bond donors (Lipinski definition) is 2. The number of aromatic amines is 2. The van der Waals surface area contributed by atoms with Crippen LogP contribution in [0.4, 0.5) is 8.78 Å². The molecule has 6 heteroatoms. The molecule has 0 unspecified atom stereocenters. The molecule has 0 saturated heterocycles. The van der Waals surface area contributed by atoms with E-state index in [0.29, 0.717) is 0 Å². The lowest BCUT2D eigenvalue weighted by atomic mass is 10.0. The Balaban J connectivity index is 2.38. The van der Waals surface area contributed by atoms with Gasteiger partial charge < -0.3 is 9.97 Å². The van der Waals surface area contributed by atoms with Crippen molar-refractivity contribution in [1.82, 2.24) is 9.97 Å². The lowest BCUT2D eigenvalue weighted by Crippen LogP contribution is -2.30. The van der Waals surface area contributed by atoms with Crippen LogP contribution in [0.1, 0.15) is 0 Å². The molecule has 4 nitrogen and oxygen atoms in total. The number of rotatable bonds is 2. The van der Waals surface area contributed by atoms with E-state index in [1.807, 2.05) is 0 Å². The molecule has 0 saturated carbocycles. The molecule has 0 spiro atoms. The third-order valence-corrected chi connectivity index (χ3v) is 3.22. The fourth-order valence-electron chi connectivity index (χ4n) is 2.20.